The molecule has 3 atom stereocenters. The number of nitrogens with zero attached hydrogens (tertiary/aromatic N) is 3. The number of ether oxygens (including phenoxy) is 3. The predicted molar refractivity (Wildman–Crippen MR) is 166 cm³/mol. The Hall–Kier alpha value is -4.57. The van der Waals surface area contributed by atoms with Gasteiger partial charge in [0.25, 0.3) is 5.92 Å². The number of likely N-dealkylation sites (tertiary alicyclic amines) is 1. The second kappa shape index (κ2) is 12.9. The summed E-state index contributed by atoms with van der Waals surface area (Å²) < 4.78 is 126. The Morgan fingerprint density at radius 3 is 2.18 bits per heavy atom. The first-order valence-corrected chi connectivity index (χ1v) is 16.0. The lowest BCUT2D eigenvalue weighted by molar-refractivity contribution is -0.149. The van der Waals surface area contributed by atoms with E-state index in [1.165, 1.54) is 26.0 Å². The summed E-state index contributed by atoms with van der Waals surface area (Å²) in [7, 11) is 2.77. The van der Waals surface area contributed by atoms with E-state index in [0.717, 1.165) is 10.5 Å². The molecule has 0 radical (unpaired) electrons. The highest BCUT2D eigenvalue weighted by Crippen LogP contribution is 2.46. The first-order valence-electron chi connectivity index (χ1n) is 16.0. The molecule has 0 spiro atoms. The van der Waals surface area contributed by atoms with Crippen LogP contribution in [0.1, 0.15) is 66.5 Å². The lowest BCUT2D eigenvalue weighted by Crippen LogP contribution is -2.62. The van der Waals surface area contributed by atoms with Crippen molar-refractivity contribution in [2.45, 2.75) is 69.1 Å². The highest BCUT2D eigenvalue weighted by atomic mass is 19.4. The Bertz CT molecular complexity index is 1750. The topological polar surface area (TPSA) is 92.7 Å². The van der Waals surface area contributed by atoms with Gasteiger partial charge >= 0.3 is 24.4 Å². The molecule has 1 amide bonds. The van der Waals surface area contributed by atoms with Crippen molar-refractivity contribution in [3.05, 3.63) is 69.9 Å². The summed E-state index contributed by atoms with van der Waals surface area (Å²) in [6.07, 6.45) is -11.6. The standard InChI is InChI=1S/C34H34F8N4O5/c1-16-27(24-11-18(5-6-26(24)49-3)19-7-21(8-19)29(47)50-4)25(44-30(43-16)45-14-32(35,36)15-45)13-46-17(2)28(51-31(46)48)20-9-22(33(37,38)39)12-23(10-20)34(40,41)42/h5-6,9-12,17,19,21,25,28H,7-8,13-15H2,1-4H3,(H,43,44)/t17-,19?,21?,25?,28-/m0/s1. The van der Waals surface area contributed by atoms with Gasteiger partial charge in [-0.15, -0.1) is 0 Å². The zero-order valence-electron chi connectivity index (χ0n) is 27.8. The van der Waals surface area contributed by atoms with Crippen LogP contribution >= 0.6 is 0 Å². The zero-order chi connectivity index (χ0) is 37.2. The third-order valence-electron chi connectivity index (χ3n) is 9.82. The number of allylic oxidation sites excluding steroid dienone is 1. The highest BCUT2D eigenvalue weighted by Gasteiger charge is 2.48. The summed E-state index contributed by atoms with van der Waals surface area (Å²) in [5.41, 5.74) is -1.18. The van der Waals surface area contributed by atoms with Gasteiger partial charge in [-0.1, -0.05) is 6.07 Å². The van der Waals surface area contributed by atoms with Crippen molar-refractivity contribution in [1.82, 2.24) is 15.1 Å². The van der Waals surface area contributed by atoms with Gasteiger partial charge in [0.15, 0.2) is 5.96 Å². The van der Waals surface area contributed by atoms with Gasteiger partial charge in [0.2, 0.25) is 0 Å². The summed E-state index contributed by atoms with van der Waals surface area (Å²) >= 11 is 0. The largest absolute Gasteiger partial charge is 0.496 e. The molecular formula is C34H34F8N4O5. The number of rotatable bonds is 7. The van der Waals surface area contributed by atoms with E-state index in [-0.39, 0.29) is 36.4 Å². The minimum Gasteiger partial charge on any atom is -0.496 e. The lowest BCUT2D eigenvalue weighted by Gasteiger charge is -2.43. The van der Waals surface area contributed by atoms with Crippen LogP contribution < -0.4 is 10.1 Å². The minimum absolute atomic E-state index is 0.00611. The van der Waals surface area contributed by atoms with Crippen LogP contribution in [-0.2, 0) is 26.6 Å². The fourth-order valence-electron chi connectivity index (χ4n) is 7.03. The molecule has 1 N–H and O–H groups in total. The fraction of sp³-hybridized carbons (Fsp3) is 0.500. The number of aliphatic imine (C=N–C) groups is 1. The van der Waals surface area contributed by atoms with Crippen molar-refractivity contribution in [3.63, 3.8) is 0 Å². The quantitative estimate of drug-likeness (QED) is 0.243. The van der Waals surface area contributed by atoms with E-state index in [0.29, 0.717) is 47.6 Å². The van der Waals surface area contributed by atoms with Crippen LogP contribution in [0.4, 0.5) is 39.9 Å². The smallest absolute Gasteiger partial charge is 0.416 e. The van der Waals surface area contributed by atoms with Gasteiger partial charge in [-0.3, -0.25) is 9.69 Å². The predicted octanol–water partition coefficient (Wildman–Crippen LogP) is 6.99. The molecule has 3 aliphatic heterocycles. The summed E-state index contributed by atoms with van der Waals surface area (Å²) in [6, 6.07) is 4.45. The molecule has 1 unspecified atom stereocenters. The van der Waals surface area contributed by atoms with Gasteiger partial charge in [0.05, 0.1) is 63.0 Å². The molecule has 1 aliphatic carbocycles. The van der Waals surface area contributed by atoms with E-state index in [1.807, 2.05) is 12.1 Å². The van der Waals surface area contributed by atoms with Gasteiger partial charge in [0, 0.05) is 16.8 Å². The number of carbonyl (C=O) groups is 2. The van der Waals surface area contributed by atoms with Crippen molar-refractivity contribution in [2.75, 3.05) is 33.9 Å². The van der Waals surface area contributed by atoms with Gasteiger partial charge in [-0.05, 0) is 74.1 Å². The lowest BCUT2D eigenvalue weighted by atomic mass is 9.71. The molecule has 3 fully saturated rings. The van der Waals surface area contributed by atoms with E-state index >= 15 is 0 Å². The second-order valence-electron chi connectivity index (χ2n) is 13.2. The Morgan fingerprint density at radius 1 is 1.00 bits per heavy atom. The Kier molecular flexibility index (Phi) is 9.15. The van der Waals surface area contributed by atoms with Crippen molar-refractivity contribution < 1.29 is 58.9 Å². The van der Waals surface area contributed by atoms with E-state index in [2.05, 4.69) is 5.32 Å². The number of esters is 1. The Morgan fingerprint density at radius 2 is 1.63 bits per heavy atom. The van der Waals surface area contributed by atoms with Crippen molar-refractivity contribution >= 4 is 23.6 Å². The minimum atomic E-state index is -5.11. The van der Waals surface area contributed by atoms with Crippen molar-refractivity contribution in [1.29, 1.82) is 0 Å². The number of hydrogen-bond acceptors (Lipinski definition) is 8. The summed E-state index contributed by atoms with van der Waals surface area (Å²) in [5.74, 6) is -2.97. The number of halogens is 8. The van der Waals surface area contributed by atoms with Crippen LogP contribution in [0.5, 0.6) is 5.75 Å². The first kappa shape index (κ1) is 36.2. The molecule has 4 aliphatic rings. The van der Waals surface area contributed by atoms with Crippen LogP contribution in [0.2, 0.25) is 0 Å². The third-order valence-corrected chi connectivity index (χ3v) is 9.82. The SMILES string of the molecule is COC(=O)C1CC(c2ccc(OC)c(C3=C(C)NC(N4CC(F)(F)C4)=NC3CN3C(=O)O[C@H](c4cc(C(F)(F)F)cc(C(F)(F)F)c4)[C@@H]3C)c2)C1. The molecule has 0 aromatic heterocycles. The molecule has 9 nitrogen and oxygen atoms in total. The number of alkyl halides is 8. The fourth-order valence-corrected chi connectivity index (χ4v) is 7.03. The average Bonchev–Trinajstić information content (AvgIpc) is 3.30. The Balaban J connectivity index is 1.35. The number of cyclic esters (lactones) is 1. The molecule has 2 saturated heterocycles. The van der Waals surface area contributed by atoms with Crippen LogP contribution in [0, 0.1) is 5.92 Å². The molecule has 6 rings (SSSR count). The number of nitrogens with one attached hydrogen (secondary N) is 1. The zero-order valence-corrected chi connectivity index (χ0v) is 27.8. The van der Waals surface area contributed by atoms with Crippen LogP contribution in [0.25, 0.3) is 5.57 Å². The molecule has 3 heterocycles. The molecule has 276 valence electrons. The number of methoxy groups -OCH3 is 2. The van der Waals surface area contributed by atoms with Gasteiger partial charge in [0.1, 0.15) is 11.9 Å². The van der Waals surface area contributed by atoms with Gasteiger partial charge in [-0.2, -0.15) is 26.3 Å². The monoisotopic (exact) mass is 730 g/mol. The average molecular weight is 731 g/mol. The molecule has 17 heteroatoms. The van der Waals surface area contributed by atoms with E-state index in [4.69, 9.17) is 19.2 Å². The number of amides is 1. The van der Waals surface area contributed by atoms with Crippen LogP contribution in [-0.4, -0.2) is 79.7 Å². The second-order valence-corrected chi connectivity index (χ2v) is 13.2. The third kappa shape index (κ3) is 7.03. The van der Waals surface area contributed by atoms with Crippen LogP contribution in [0.15, 0.2) is 47.1 Å². The molecule has 0 bridgehead atoms. The number of carbonyl (C=O) groups excluding carboxylic acids is 2. The molecule has 2 aromatic carbocycles. The maximum Gasteiger partial charge on any atom is 0.416 e. The normalized spacial score (nSPS) is 26.2. The first-order chi connectivity index (χ1) is 23.8. The molecule has 1 saturated carbocycles. The molecule has 51 heavy (non-hydrogen) atoms. The summed E-state index contributed by atoms with van der Waals surface area (Å²) in [4.78, 5) is 32.5. The Labute approximate surface area is 287 Å². The number of benzene rings is 2. The van der Waals surface area contributed by atoms with Gasteiger partial charge in [-0.25, -0.2) is 18.6 Å². The van der Waals surface area contributed by atoms with Crippen molar-refractivity contribution in [2.24, 2.45) is 10.9 Å². The number of guanidine groups is 1. The number of hydrogen-bond donors (Lipinski definition) is 1. The van der Waals surface area contributed by atoms with Crippen LogP contribution in [0.3, 0.4) is 0 Å². The van der Waals surface area contributed by atoms with E-state index in [9.17, 15) is 44.7 Å². The maximum atomic E-state index is 13.9. The van der Waals surface area contributed by atoms with E-state index in [1.54, 1.807) is 13.0 Å². The van der Waals surface area contributed by atoms with E-state index < -0.39 is 72.3 Å². The van der Waals surface area contributed by atoms with Gasteiger partial charge < -0.3 is 24.4 Å². The highest BCUT2D eigenvalue weighted by molar-refractivity contribution is 5.91. The molecular weight excluding hydrogens is 696 g/mol. The summed E-state index contributed by atoms with van der Waals surface area (Å²) in [5, 5.41) is 3.07. The summed E-state index contributed by atoms with van der Waals surface area (Å²) in [6.45, 7) is 1.61. The molecule has 2 aromatic rings. The maximum absolute atomic E-state index is 13.9. The van der Waals surface area contributed by atoms with Crippen molar-refractivity contribution in [3.8, 4) is 5.75 Å².